The van der Waals surface area contributed by atoms with Crippen LogP contribution in [0.1, 0.15) is 47.5 Å². The SMILES string of the molecule is CN=C(NCC1CCCN(CC(C)C)C1)N(C)CC(=O)NC(C)(C)C. The molecule has 1 aliphatic heterocycles. The smallest absolute Gasteiger partial charge is 0.240 e. The lowest BCUT2D eigenvalue weighted by Crippen LogP contribution is -2.50. The summed E-state index contributed by atoms with van der Waals surface area (Å²) in [6.45, 7) is 15.3. The molecule has 2 N–H and O–H groups in total. The highest BCUT2D eigenvalue weighted by Gasteiger charge is 2.21. The molecule has 1 aliphatic rings. The zero-order valence-corrected chi connectivity index (χ0v) is 17.4. The first-order valence-corrected chi connectivity index (χ1v) is 9.56. The molecule has 1 saturated heterocycles. The van der Waals surface area contributed by atoms with Crippen molar-refractivity contribution in [1.82, 2.24) is 20.4 Å². The molecule has 1 heterocycles. The van der Waals surface area contributed by atoms with E-state index in [1.54, 1.807) is 7.05 Å². The van der Waals surface area contributed by atoms with Gasteiger partial charge in [0, 0.05) is 39.3 Å². The van der Waals surface area contributed by atoms with Crippen LogP contribution in [0.2, 0.25) is 0 Å². The fourth-order valence-electron chi connectivity index (χ4n) is 3.37. The van der Waals surface area contributed by atoms with Crippen molar-refractivity contribution in [2.45, 2.75) is 53.0 Å². The Morgan fingerprint density at radius 2 is 2.04 bits per heavy atom. The molecule has 25 heavy (non-hydrogen) atoms. The van der Waals surface area contributed by atoms with Gasteiger partial charge in [0.15, 0.2) is 5.96 Å². The van der Waals surface area contributed by atoms with Gasteiger partial charge in [0.25, 0.3) is 0 Å². The molecule has 1 atom stereocenters. The van der Waals surface area contributed by atoms with Gasteiger partial charge in [0.1, 0.15) is 0 Å². The quantitative estimate of drug-likeness (QED) is 0.564. The second-order valence-corrected chi connectivity index (χ2v) is 8.74. The van der Waals surface area contributed by atoms with Crippen molar-refractivity contribution in [3.05, 3.63) is 0 Å². The Hall–Kier alpha value is -1.30. The Morgan fingerprint density at radius 3 is 2.60 bits per heavy atom. The monoisotopic (exact) mass is 353 g/mol. The standard InChI is InChI=1S/C19H39N5O/c1-15(2)12-24-10-8-9-16(13-24)11-21-18(20-6)23(7)14-17(25)22-19(3,4)5/h15-16H,8-14H2,1-7H3,(H,20,21)(H,22,25). The van der Waals surface area contributed by atoms with Crippen molar-refractivity contribution >= 4 is 11.9 Å². The van der Waals surface area contributed by atoms with Crippen LogP contribution in [-0.4, -0.2) is 74.0 Å². The average Bonchev–Trinajstić information content (AvgIpc) is 2.45. The molecule has 0 aliphatic carbocycles. The number of carbonyl (C=O) groups excluding carboxylic acids is 1. The van der Waals surface area contributed by atoms with Crippen molar-refractivity contribution in [2.24, 2.45) is 16.8 Å². The first-order chi connectivity index (χ1) is 11.6. The molecule has 6 nitrogen and oxygen atoms in total. The summed E-state index contributed by atoms with van der Waals surface area (Å²) in [7, 11) is 3.68. The maximum absolute atomic E-state index is 12.1. The van der Waals surface area contributed by atoms with Crippen molar-refractivity contribution < 1.29 is 4.79 Å². The molecule has 6 heteroatoms. The molecule has 0 aromatic heterocycles. The lowest BCUT2D eigenvalue weighted by atomic mass is 9.97. The van der Waals surface area contributed by atoms with E-state index in [0.29, 0.717) is 18.4 Å². The van der Waals surface area contributed by atoms with E-state index >= 15 is 0 Å². The summed E-state index contributed by atoms with van der Waals surface area (Å²) in [5.74, 6) is 2.15. The molecule has 0 aromatic rings. The summed E-state index contributed by atoms with van der Waals surface area (Å²) in [5.41, 5.74) is -0.211. The molecule has 146 valence electrons. The van der Waals surface area contributed by atoms with Crippen LogP contribution in [0, 0.1) is 11.8 Å². The van der Waals surface area contributed by atoms with E-state index in [1.807, 2.05) is 32.7 Å². The van der Waals surface area contributed by atoms with Crippen molar-refractivity contribution in [2.75, 3.05) is 46.8 Å². The topological polar surface area (TPSA) is 60.0 Å². The number of nitrogens with zero attached hydrogens (tertiary/aromatic N) is 3. The van der Waals surface area contributed by atoms with Crippen LogP contribution in [0.15, 0.2) is 4.99 Å². The molecule has 0 bridgehead atoms. The van der Waals surface area contributed by atoms with Gasteiger partial charge in [0.2, 0.25) is 5.91 Å². The number of hydrogen-bond donors (Lipinski definition) is 2. The third-order valence-electron chi connectivity index (χ3n) is 4.24. The van der Waals surface area contributed by atoms with Crippen LogP contribution in [0.3, 0.4) is 0 Å². The van der Waals surface area contributed by atoms with E-state index in [1.165, 1.54) is 25.9 Å². The minimum absolute atomic E-state index is 0.0127. The third kappa shape index (κ3) is 9.10. The molecule has 1 rings (SSSR count). The Balaban J connectivity index is 2.44. The number of hydrogen-bond acceptors (Lipinski definition) is 3. The Bertz CT molecular complexity index is 442. The first-order valence-electron chi connectivity index (χ1n) is 9.56. The van der Waals surface area contributed by atoms with E-state index in [4.69, 9.17) is 0 Å². The van der Waals surface area contributed by atoms with E-state index in [9.17, 15) is 4.79 Å². The van der Waals surface area contributed by atoms with Crippen LogP contribution < -0.4 is 10.6 Å². The number of aliphatic imine (C=N–C) groups is 1. The largest absolute Gasteiger partial charge is 0.356 e. The molecule has 1 amide bonds. The maximum Gasteiger partial charge on any atom is 0.240 e. The van der Waals surface area contributed by atoms with Gasteiger partial charge in [-0.05, 0) is 52.0 Å². The van der Waals surface area contributed by atoms with Gasteiger partial charge in [-0.1, -0.05) is 13.8 Å². The molecule has 1 fully saturated rings. The predicted octanol–water partition coefficient (Wildman–Crippen LogP) is 1.78. The van der Waals surface area contributed by atoms with E-state index in [0.717, 1.165) is 19.0 Å². The number of amides is 1. The minimum atomic E-state index is -0.211. The summed E-state index contributed by atoms with van der Waals surface area (Å²) in [5, 5.41) is 6.44. The number of nitrogens with one attached hydrogen (secondary N) is 2. The van der Waals surface area contributed by atoms with Gasteiger partial charge in [-0.3, -0.25) is 9.79 Å². The maximum atomic E-state index is 12.1. The van der Waals surface area contributed by atoms with Crippen molar-refractivity contribution in [3.8, 4) is 0 Å². The van der Waals surface area contributed by atoms with Crippen LogP contribution in [0.25, 0.3) is 0 Å². The molecular weight excluding hydrogens is 314 g/mol. The van der Waals surface area contributed by atoms with E-state index < -0.39 is 0 Å². The van der Waals surface area contributed by atoms with Crippen molar-refractivity contribution in [1.29, 1.82) is 0 Å². The van der Waals surface area contributed by atoms with Gasteiger partial charge < -0.3 is 20.4 Å². The molecule has 0 spiro atoms. The first kappa shape index (κ1) is 21.7. The van der Waals surface area contributed by atoms with Gasteiger partial charge in [-0.15, -0.1) is 0 Å². The lowest BCUT2D eigenvalue weighted by Gasteiger charge is -2.34. The summed E-state index contributed by atoms with van der Waals surface area (Å²) in [6.07, 6.45) is 2.52. The molecule has 0 radical (unpaired) electrons. The van der Waals surface area contributed by atoms with Crippen LogP contribution in [0.4, 0.5) is 0 Å². The highest BCUT2D eigenvalue weighted by molar-refractivity contribution is 5.86. The lowest BCUT2D eigenvalue weighted by molar-refractivity contribution is -0.122. The van der Waals surface area contributed by atoms with Crippen molar-refractivity contribution in [3.63, 3.8) is 0 Å². The highest BCUT2D eigenvalue weighted by Crippen LogP contribution is 2.16. The molecule has 1 unspecified atom stereocenters. The average molecular weight is 354 g/mol. The zero-order chi connectivity index (χ0) is 19.0. The van der Waals surface area contributed by atoms with Gasteiger partial charge in [0.05, 0.1) is 6.54 Å². The fraction of sp³-hybridized carbons (Fsp3) is 0.895. The van der Waals surface area contributed by atoms with E-state index in [-0.39, 0.29) is 11.4 Å². The van der Waals surface area contributed by atoms with Gasteiger partial charge in [-0.2, -0.15) is 0 Å². The number of likely N-dealkylation sites (N-methyl/N-ethyl adjacent to an activating group) is 1. The molecular formula is C19H39N5O. The fourth-order valence-corrected chi connectivity index (χ4v) is 3.37. The Morgan fingerprint density at radius 1 is 1.36 bits per heavy atom. The minimum Gasteiger partial charge on any atom is -0.356 e. The number of likely N-dealkylation sites (tertiary alicyclic amines) is 1. The number of guanidine groups is 1. The summed E-state index contributed by atoms with van der Waals surface area (Å²) < 4.78 is 0. The second-order valence-electron chi connectivity index (χ2n) is 8.74. The number of carbonyl (C=O) groups is 1. The normalized spacial score (nSPS) is 19.8. The number of rotatable bonds is 6. The summed E-state index contributed by atoms with van der Waals surface area (Å²) in [4.78, 5) is 20.9. The molecule has 0 saturated carbocycles. The Kier molecular flexibility index (Phi) is 8.69. The second kappa shape index (κ2) is 10.00. The number of piperidine rings is 1. The highest BCUT2D eigenvalue weighted by atomic mass is 16.2. The van der Waals surface area contributed by atoms with Crippen LogP contribution in [0.5, 0.6) is 0 Å². The van der Waals surface area contributed by atoms with Crippen LogP contribution in [-0.2, 0) is 4.79 Å². The predicted molar refractivity (Wildman–Crippen MR) is 106 cm³/mol. The Labute approximate surface area is 154 Å². The van der Waals surface area contributed by atoms with Gasteiger partial charge in [-0.25, -0.2) is 0 Å². The molecule has 0 aromatic carbocycles. The summed E-state index contributed by atoms with van der Waals surface area (Å²) >= 11 is 0. The van der Waals surface area contributed by atoms with Gasteiger partial charge >= 0.3 is 0 Å². The zero-order valence-electron chi connectivity index (χ0n) is 17.4. The summed E-state index contributed by atoms with van der Waals surface area (Å²) in [6, 6.07) is 0. The van der Waals surface area contributed by atoms with E-state index in [2.05, 4.69) is 34.4 Å². The van der Waals surface area contributed by atoms with Crippen LogP contribution >= 0.6 is 0 Å². The third-order valence-corrected chi connectivity index (χ3v) is 4.24.